The van der Waals surface area contributed by atoms with Gasteiger partial charge in [-0.1, -0.05) is 78.4 Å². The van der Waals surface area contributed by atoms with Gasteiger partial charge in [-0.2, -0.15) is 0 Å². The monoisotopic (exact) mass is 478 g/mol. The minimum absolute atomic E-state index is 0.116. The lowest BCUT2D eigenvalue weighted by molar-refractivity contribution is -0.122. The Labute approximate surface area is 195 Å². The third kappa shape index (κ3) is 5.85. The first-order chi connectivity index (χ1) is 14.4. The van der Waals surface area contributed by atoms with Crippen molar-refractivity contribution in [1.29, 1.82) is 0 Å². The van der Waals surface area contributed by atoms with E-state index >= 15 is 0 Å². The van der Waals surface area contributed by atoms with Gasteiger partial charge in [0, 0.05) is 18.7 Å². The number of hydrogen-bond acceptors (Lipinski definition) is 4. The minimum Gasteiger partial charge on any atom is -0.326 e. The second-order valence-corrected chi connectivity index (χ2v) is 9.20. The molecule has 1 N–H and O–H groups in total. The number of hydrogen-bond donors (Lipinski definition) is 1. The number of anilines is 1. The molecule has 1 aliphatic rings. The van der Waals surface area contributed by atoms with Crippen molar-refractivity contribution in [2.45, 2.75) is 26.2 Å². The van der Waals surface area contributed by atoms with Crippen molar-refractivity contribution in [2.75, 3.05) is 11.9 Å². The summed E-state index contributed by atoms with van der Waals surface area (Å²) < 4.78 is 0.515. The molecule has 8 heteroatoms. The average molecular weight is 479 g/mol. The molecule has 4 nitrogen and oxygen atoms in total. The van der Waals surface area contributed by atoms with E-state index in [2.05, 4.69) is 24.4 Å². The van der Waals surface area contributed by atoms with E-state index in [1.165, 1.54) is 17.3 Å². The summed E-state index contributed by atoms with van der Waals surface area (Å²) in [5, 5.41) is 3.58. The van der Waals surface area contributed by atoms with Gasteiger partial charge >= 0.3 is 0 Å². The molecule has 1 saturated heterocycles. The lowest BCUT2D eigenvalue weighted by atomic mass is 10.1. The van der Waals surface area contributed by atoms with Crippen LogP contribution in [-0.2, 0) is 16.0 Å². The summed E-state index contributed by atoms with van der Waals surface area (Å²) in [5.41, 5.74) is 2.80. The summed E-state index contributed by atoms with van der Waals surface area (Å²) in [6.07, 6.45) is 3.59. The van der Waals surface area contributed by atoms with Crippen molar-refractivity contribution in [2.24, 2.45) is 0 Å². The number of thioether (sulfide) groups is 1. The smallest absolute Gasteiger partial charge is 0.266 e. The highest BCUT2D eigenvalue weighted by atomic mass is 35.5. The Kier molecular flexibility index (Phi) is 7.94. The van der Waals surface area contributed by atoms with Crippen molar-refractivity contribution in [3.05, 3.63) is 68.5 Å². The van der Waals surface area contributed by atoms with Gasteiger partial charge in [0.05, 0.1) is 15.0 Å². The van der Waals surface area contributed by atoms with Gasteiger partial charge in [0.1, 0.15) is 4.32 Å². The molecule has 0 spiro atoms. The molecular formula is C22H20Cl2N2O2S2. The molecule has 0 bridgehead atoms. The molecule has 2 aromatic carbocycles. The number of thiocarbonyl (C=S) groups is 1. The third-order valence-corrected chi connectivity index (χ3v) is 6.67. The summed E-state index contributed by atoms with van der Waals surface area (Å²) in [6, 6.07) is 13.0. The number of nitrogens with zero attached hydrogens (tertiary/aromatic N) is 1. The molecule has 3 rings (SSSR count). The SMILES string of the molecule is CCc1ccc(C=C2SC(=S)N(CCCC(=O)Nc3ccc(Cl)c(Cl)c3)C2=O)cc1. The molecule has 1 heterocycles. The van der Waals surface area contributed by atoms with Crippen LogP contribution >= 0.6 is 47.2 Å². The number of halogens is 2. The van der Waals surface area contributed by atoms with Gasteiger partial charge in [-0.15, -0.1) is 0 Å². The first kappa shape index (κ1) is 22.8. The first-order valence-electron chi connectivity index (χ1n) is 9.46. The summed E-state index contributed by atoms with van der Waals surface area (Å²) in [5.74, 6) is -0.278. The number of nitrogens with one attached hydrogen (secondary N) is 1. The van der Waals surface area contributed by atoms with Gasteiger partial charge in [0.15, 0.2) is 0 Å². The van der Waals surface area contributed by atoms with E-state index in [9.17, 15) is 9.59 Å². The molecule has 2 amide bonds. The van der Waals surface area contributed by atoms with Gasteiger partial charge < -0.3 is 5.32 Å². The largest absolute Gasteiger partial charge is 0.326 e. The molecule has 0 unspecified atom stereocenters. The highest BCUT2D eigenvalue weighted by Crippen LogP contribution is 2.33. The van der Waals surface area contributed by atoms with Crippen LogP contribution in [-0.4, -0.2) is 27.6 Å². The molecule has 2 aromatic rings. The van der Waals surface area contributed by atoms with Crippen molar-refractivity contribution in [3.8, 4) is 0 Å². The van der Waals surface area contributed by atoms with Crippen molar-refractivity contribution in [1.82, 2.24) is 4.90 Å². The lowest BCUT2D eigenvalue weighted by Crippen LogP contribution is -2.29. The molecule has 0 atom stereocenters. The maximum atomic E-state index is 12.7. The molecule has 30 heavy (non-hydrogen) atoms. The second-order valence-electron chi connectivity index (χ2n) is 6.71. The van der Waals surface area contributed by atoms with Gasteiger partial charge in [0.2, 0.25) is 5.91 Å². The normalized spacial score (nSPS) is 15.2. The summed E-state index contributed by atoms with van der Waals surface area (Å²) in [4.78, 5) is 27.0. The van der Waals surface area contributed by atoms with Crippen molar-refractivity contribution in [3.63, 3.8) is 0 Å². The predicted molar refractivity (Wildman–Crippen MR) is 130 cm³/mol. The highest BCUT2D eigenvalue weighted by molar-refractivity contribution is 8.26. The minimum atomic E-state index is -0.162. The number of carbonyl (C=O) groups excluding carboxylic acids is 2. The quantitative estimate of drug-likeness (QED) is 0.381. The number of rotatable bonds is 7. The van der Waals surface area contributed by atoms with Crippen molar-refractivity contribution >= 4 is 75.1 Å². The summed E-state index contributed by atoms with van der Waals surface area (Å²) in [7, 11) is 0. The van der Waals surface area contributed by atoms with E-state index in [0.717, 1.165) is 12.0 Å². The van der Waals surface area contributed by atoms with Crippen molar-refractivity contribution < 1.29 is 9.59 Å². The van der Waals surface area contributed by atoms with Crippen LogP contribution in [0.25, 0.3) is 6.08 Å². The van der Waals surface area contributed by atoms with Crippen LogP contribution in [0.5, 0.6) is 0 Å². The zero-order valence-corrected chi connectivity index (χ0v) is 19.4. The summed E-state index contributed by atoms with van der Waals surface area (Å²) in [6.45, 7) is 2.50. The van der Waals surface area contributed by atoms with E-state index < -0.39 is 0 Å². The molecule has 1 fully saturated rings. The molecule has 0 aromatic heterocycles. The van der Waals surface area contributed by atoms with Crippen LogP contribution in [0.2, 0.25) is 10.0 Å². The molecule has 0 radical (unpaired) electrons. The fourth-order valence-electron chi connectivity index (χ4n) is 2.89. The molecule has 0 aliphatic carbocycles. The Hall–Kier alpha value is -1.86. The van der Waals surface area contributed by atoms with Crippen LogP contribution in [0.4, 0.5) is 5.69 Å². The Balaban J connectivity index is 1.53. The summed E-state index contributed by atoms with van der Waals surface area (Å²) >= 11 is 18.5. The van der Waals surface area contributed by atoms with E-state index in [0.29, 0.717) is 37.9 Å². The van der Waals surface area contributed by atoms with Crippen LogP contribution < -0.4 is 5.32 Å². The van der Waals surface area contributed by atoms with Gasteiger partial charge in [0.25, 0.3) is 5.91 Å². The van der Waals surface area contributed by atoms with E-state index in [-0.39, 0.29) is 18.2 Å². The molecular weight excluding hydrogens is 459 g/mol. The van der Waals surface area contributed by atoms with E-state index in [4.69, 9.17) is 35.4 Å². The fraction of sp³-hybridized carbons (Fsp3) is 0.227. The Bertz CT molecular complexity index is 1010. The predicted octanol–water partition coefficient (Wildman–Crippen LogP) is 6.18. The standard InChI is InChI=1S/C22H20Cl2N2O2S2/c1-2-14-5-7-15(8-6-14)12-19-21(28)26(22(29)30-19)11-3-4-20(27)25-16-9-10-17(23)18(24)13-16/h5-10,12-13H,2-4,11H2,1H3,(H,25,27). The third-order valence-electron chi connectivity index (χ3n) is 4.55. The van der Waals surface area contributed by atoms with Gasteiger partial charge in [-0.3, -0.25) is 14.5 Å². The van der Waals surface area contributed by atoms with Crippen LogP contribution in [0.1, 0.15) is 30.9 Å². The molecule has 156 valence electrons. The van der Waals surface area contributed by atoms with E-state index in [1.807, 2.05) is 18.2 Å². The Morgan fingerprint density at radius 2 is 1.90 bits per heavy atom. The lowest BCUT2D eigenvalue weighted by Gasteiger charge is -2.14. The number of carbonyl (C=O) groups is 2. The zero-order valence-electron chi connectivity index (χ0n) is 16.3. The van der Waals surface area contributed by atoms with Crippen LogP contribution in [0.15, 0.2) is 47.4 Å². The number of benzene rings is 2. The van der Waals surface area contributed by atoms with Crippen LogP contribution in [0, 0.1) is 0 Å². The first-order valence-corrected chi connectivity index (χ1v) is 11.4. The zero-order chi connectivity index (χ0) is 21.7. The van der Waals surface area contributed by atoms with Gasteiger partial charge in [-0.05, 0) is 48.2 Å². The number of amides is 2. The van der Waals surface area contributed by atoms with Gasteiger partial charge in [-0.25, -0.2) is 0 Å². The van der Waals surface area contributed by atoms with Crippen LogP contribution in [0.3, 0.4) is 0 Å². The maximum Gasteiger partial charge on any atom is 0.266 e. The topological polar surface area (TPSA) is 49.4 Å². The number of aryl methyl sites for hydroxylation is 1. The van der Waals surface area contributed by atoms with E-state index in [1.54, 1.807) is 23.1 Å². The highest BCUT2D eigenvalue weighted by Gasteiger charge is 2.31. The average Bonchev–Trinajstić information content (AvgIpc) is 2.98. The molecule has 0 saturated carbocycles. The Morgan fingerprint density at radius 1 is 1.17 bits per heavy atom. The Morgan fingerprint density at radius 3 is 2.57 bits per heavy atom. The maximum absolute atomic E-state index is 12.7. The fourth-order valence-corrected chi connectivity index (χ4v) is 4.50. The molecule has 1 aliphatic heterocycles. The second kappa shape index (κ2) is 10.4.